The second-order valence-electron chi connectivity index (χ2n) is 5.41. The summed E-state index contributed by atoms with van der Waals surface area (Å²) in [7, 11) is 0. The van der Waals surface area contributed by atoms with E-state index in [1.54, 1.807) is 6.07 Å². The number of hydrogen-bond donors (Lipinski definition) is 1. The van der Waals surface area contributed by atoms with Crippen LogP contribution in [0, 0.1) is 11.7 Å². The number of likely N-dealkylation sites (tertiary alicyclic amines) is 1. The van der Waals surface area contributed by atoms with Crippen molar-refractivity contribution in [1.29, 1.82) is 0 Å². The first-order valence-electron chi connectivity index (χ1n) is 6.92. The molecule has 1 aromatic carbocycles. The molecule has 0 radical (unpaired) electrons. The number of aliphatic carboxylic acids is 1. The first kappa shape index (κ1) is 15.3. The van der Waals surface area contributed by atoms with Crippen LogP contribution in [0.4, 0.5) is 4.39 Å². The molecule has 5 heteroatoms. The van der Waals surface area contributed by atoms with Crippen LogP contribution in [0.25, 0.3) is 0 Å². The van der Waals surface area contributed by atoms with Gasteiger partial charge in [-0.25, -0.2) is 4.39 Å². The Hall–Kier alpha value is -1.13. The molecule has 1 aliphatic rings. The first-order chi connectivity index (χ1) is 9.54. The van der Waals surface area contributed by atoms with Gasteiger partial charge in [0.2, 0.25) is 0 Å². The fraction of sp³-hybridized carbons (Fsp3) is 0.533. The Bertz CT molecular complexity index is 481. The minimum atomic E-state index is -0.718. The molecular weight excluding hydrogens is 281 g/mol. The molecule has 0 unspecified atom stereocenters. The van der Waals surface area contributed by atoms with E-state index in [9.17, 15) is 9.18 Å². The fourth-order valence-electron chi connectivity index (χ4n) is 2.72. The molecule has 3 nitrogen and oxygen atoms in total. The minimum absolute atomic E-state index is 0.255. The number of hydrogen-bond acceptors (Lipinski definition) is 2. The maximum absolute atomic E-state index is 13.0. The van der Waals surface area contributed by atoms with Gasteiger partial charge >= 0.3 is 5.97 Å². The molecule has 0 aromatic heterocycles. The number of carboxylic acids is 1. The summed E-state index contributed by atoms with van der Waals surface area (Å²) < 4.78 is 13.0. The third-order valence-corrected chi connectivity index (χ3v) is 4.16. The standard InChI is InChI=1S/C15H19ClFNO2/c16-14-9-13(17)4-3-12(14)10-18-6-1-2-11(5-7-18)8-15(19)20/h3-4,9,11H,1-2,5-8,10H2,(H,19,20)/t11-/m0/s1. The van der Waals surface area contributed by atoms with Gasteiger partial charge in [-0.2, -0.15) is 0 Å². The van der Waals surface area contributed by atoms with Crippen molar-refractivity contribution in [1.82, 2.24) is 4.90 Å². The van der Waals surface area contributed by atoms with Gasteiger partial charge in [0, 0.05) is 18.0 Å². The molecule has 0 bridgehead atoms. The number of carboxylic acid groups (broad SMARTS) is 1. The van der Waals surface area contributed by atoms with Gasteiger partial charge in [-0.1, -0.05) is 17.7 Å². The van der Waals surface area contributed by atoms with E-state index in [2.05, 4.69) is 4.90 Å². The van der Waals surface area contributed by atoms with E-state index in [4.69, 9.17) is 16.7 Å². The summed E-state index contributed by atoms with van der Waals surface area (Å²) in [6, 6.07) is 4.48. The van der Waals surface area contributed by atoms with Crippen molar-refractivity contribution >= 4 is 17.6 Å². The second-order valence-corrected chi connectivity index (χ2v) is 5.81. The molecule has 1 saturated heterocycles. The van der Waals surface area contributed by atoms with Crippen molar-refractivity contribution in [2.24, 2.45) is 5.92 Å². The number of carbonyl (C=O) groups is 1. The summed E-state index contributed by atoms with van der Waals surface area (Å²) in [5.41, 5.74) is 0.921. The Morgan fingerprint density at radius 1 is 1.40 bits per heavy atom. The van der Waals surface area contributed by atoms with Gasteiger partial charge in [0.05, 0.1) is 0 Å². The Morgan fingerprint density at radius 2 is 2.20 bits per heavy atom. The van der Waals surface area contributed by atoms with Gasteiger partial charge in [0.25, 0.3) is 0 Å². The summed E-state index contributed by atoms with van der Waals surface area (Å²) in [5, 5.41) is 9.31. The summed E-state index contributed by atoms with van der Waals surface area (Å²) in [6.07, 6.45) is 3.10. The molecule has 0 aliphatic carbocycles. The Kier molecular flexibility index (Phi) is 5.38. The molecule has 1 heterocycles. The Morgan fingerprint density at radius 3 is 2.90 bits per heavy atom. The van der Waals surface area contributed by atoms with Crippen LogP contribution in [0.3, 0.4) is 0 Å². The van der Waals surface area contributed by atoms with Crippen LogP contribution in [0.5, 0.6) is 0 Å². The molecule has 1 atom stereocenters. The van der Waals surface area contributed by atoms with Crippen LogP contribution in [-0.4, -0.2) is 29.1 Å². The maximum atomic E-state index is 13.0. The van der Waals surface area contributed by atoms with E-state index in [0.717, 1.165) is 37.9 Å². The van der Waals surface area contributed by atoms with E-state index >= 15 is 0 Å². The monoisotopic (exact) mass is 299 g/mol. The molecule has 1 aromatic rings. The van der Waals surface area contributed by atoms with Gasteiger partial charge in [-0.3, -0.25) is 9.69 Å². The third kappa shape index (κ3) is 4.46. The summed E-state index contributed by atoms with van der Waals surface area (Å²) >= 11 is 6.04. The van der Waals surface area contributed by atoms with Crippen LogP contribution in [0.2, 0.25) is 5.02 Å². The van der Waals surface area contributed by atoms with E-state index in [0.29, 0.717) is 11.6 Å². The fourth-order valence-corrected chi connectivity index (χ4v) is 2.95. The van der Waals surface area contributed by atoms with Crippen LogP contribution in [0.1, 0.15) is 31.2 Å². The van der Waals surface area contributed by atoms with Crippen LogP contribution < -0.4 is 0 Å². The van der Waals surface area contributed by atoms with Crippen molar-refractivity contribution in [3.63, 3.8) is 0 Å². The zero-order valence-corrected chi connectivity index (χ0v) is 12.1. The van der Waals surface area contributed by atoms with E-state index in [-0.39, 0.29) is 18.2 Å². The number of rotatable bonds is 4. The summed E-state index contributed by atoms with van der Waals surface area (Å²) in [4.78, 5) is 13.0. The lowest BCUT2D eigenvalue weighted by molar-refractivity contribution is -0.138. The smallest absolute Gasteiger partial charge is 0.303 e. The summed E-state index contributed by atoms with van der Waals surface area (Å²) in [5.74, 6) is -0.776. The molecule has 1 aliphatic heterocycles. The molecule has 20 heavy (non-hydrogen) atoms. The van der Waals surface area contributed by atoms with Gasteiger partial charge in [0.15, 0.2) is 0 Å². The molecule has 1 N–H and O–H groups in total. The molecule has 0 spiro atoms. The van der Waals surface area contributed by atoms with Crippen molar-refractivity contribution < 1.29 is 14.3 Å². The third-order valence-electron chi connectivity index (χ3n) is 3.81. The van der Waals surface area contributed by atoms with Crippen LogP contribution in [-0.2, 0) is 11.3 Å². The second kappa shape index (κ2) is 7.04. The minimum Gasteiger partial charge on any atom is -0.481 e. The number of nitrogens with zero attached hydrogens (tertiary/aromatic N) is 1. The predicted octanol–water partition coefficient (Wildman–Crippen LogP) is 3.56. The maximum Gasteiger partial charge on any atom is 0.303 e. The molecule has 1 fully saturated rings. The van der Waals surface area contributed by atoms with Crippen molar-refractivity contribution in [2.45, 2.75) is 32.2 Å². The largest absolute Gasteiger partial charge is 0.481 e. The number of benzene rings is 1. The lowest BCUT2D eigenvalue weighted by Gasteiger charge is -2.20. The van der Waals surface area contributed by atoms with Gasteiger partial charge in [-0.15, -0.1) is 0 Å². The highest BCUT2D eigenvalue weighted by atomic mass is 35.5. The summed E-state index contributed by atoms with van der Waals surface area (Å²) in [6.45, 7) is 2.49. The highest BCUT2D eigenvalue weighted by Gasteiger charge is 2.19. The van der Waals surface area contributed by atoms with Gasteiger partial charge in [-0.05, 0) is 56.0 Å². The van der Waals surface area contributed by atoms with E-state index < -0.39 is 5.97 Å². The van der Waals surface area contributed by atoms with Crippen molar-refractivity contribution in [2.75, 3.05) is 13.1 Å². The lowest BCUT2D eigenvalue weighted by Crippen LogP contribution is -2.24. The van der Waals surface area contributed by atoms with Crippen LogP contribution >= 0.6 is 11.6 Å². The predicted molar refractivity (Wildman–Crippen MR) is 76.3 cm³/mol. The van der Waals surface area contributed by atoms with Crippen molar-refractivity contribution in [3.05, 3.63) is 34.6 Å². The normalized spacial score (nSPS) is 20.6. The average Bonchev–Trinajstić information content (AvgIpc) is 2.58. The van der Waals surface area contributed by atoms with E-state index in [1.807, 2.05) is 0 Å². The molecule has 2 rings (SSSR count). The quantitative estimate of drug-likeness (QED) is 0.924. The molecule has 110 valence electrons. The molecule has 0 saturated carbocycles. The van der Waals surface area contributed by atoms with E-state index in [1.165, 1.54) is 12.1 Å². The average molecular weight is 300 g/mol. The topological polar surface area (TPSA) is 40.5 Å². The van der Waals surface area contributed by atoms with Gasteiger partial charge < -0.3 is 5.11 Å². The molecule has 0 amide bonds. The number of halogens is 2. The molecular formula is C15H19ClFNO2. The zero-order valence-electron chi connectivity index (χ0n) is 11.3. The van der Waals surface area contributed by atoms with Crippen LogP contribution in [0.15, 0.2) is 18.2 Å². The van der Waals surface area contributed by atoms with Gasteiger partial charge in [0.1, 0.15) is 5.82 Å². The Balaban J connectivity index is 1.92. The SMILES string of the molecule is O=C(O)C[C@H]1CCCN(Cc2ccc(F)cc2Cl)CC1. The van der Waals surface area contributed by atoms with Crippen molar-refractivity contribution in [3.8, 4) is 0 Å². The zero-order chi connectivity index (χ0) is 14.5. The Labute approximate surface area is 123 Å². The lowest BCUT2D eigenvalue weighted by atomic mass is 9.97. The highest BCUT2D eigenvalue weighted by molar-refractivity contribution is 6.31. The highest BCUT2D eigenvalue weighted by Crippen LogP contribution is 2.24. The first-order valence-corrected chi connectivity index (χ1v) is 7.30.